The van der Waals surface area contributed by atoms with Gasteiger partial charge >= 0.3 is 0 Å². The smallest absolute Gasteiger partial charge is 0.00776 e. The van der Waals surface area contributed by atoms with Crippen molar-refractivity contribution < 1.29 is 0 Å². The predicted molar refractivity (Wildman–Crippen MR) is 52.2 cm³/mol. The van der Waals surface area contributed by atoms with Crippen LogP contribution in [0.3, 0.4) is 0 Å². The van der Waals surface area contributed by atoms with E-state index in [1.807, 2.05) is 0 Å². The zero-order valence-corrected chi connectivity index (χ0v) is 8.23. The van der Waals surface area contributed by atoms with E-state index in [1.165, 1.54) is 51.5 Å². The highest BCUT2D eigenvalue weighted by Crippen LogP contribution is 2.52. The molecule has 2 aliphatic rings. The first-order valence-electron chi connectivity index (χ1n) is 5.58. The Balaban J connectivity index is 1.68. The molecule has 2 fully saturated rings. The van der Waals surface area contributed by atoms with Crippen LogP contribution in [0, 0.1) is 5.41 Å². The summed E-state index contributed by atoms with van der Waals surface area (Å²) in [6.45, 7) is 3.47. The molecular weight excluding hydrogens is 146 g/mol. The Morgan fingerprint density at radius 2 is 1.92 bits per heavy atom. The first-order valence-corrected chi connectivity index (χ1v) is 5.58. The van der Waals surface area contributed by atoms with Crippen LogP contribution in [-0.2, 0) is 0 Å². The lowest BCUT2D eigenvalue weighted by Gasteiger charge is -2.46. The van der Waals surface area contributed by atoms with Gasteiger partial charge in [0, 0.05) is 6.04 Å². The van der Waals surface area contributed by atoms with Gasteiger partial charge in [0.25, 0.3) is 0 Å². The minimum atomic E-state index is 0.825. The Bertz CT molecular complexity index is 139. The maximum atomic E-state index is 3.62. The molecule has 0 aromatic rings. The highest BCUT2D eigenvalue weighted by molar-refractivity contribution is 4.99. The number of hydrogen-bond donors (Lipinski definition) is 1. The number of nitrogens with one attached hydrogen (secondary N) is 1. The summed E-state index contributed by atoms with van der Waals surface area (Å²) in [5, 5.41) is 3.62. The van der Waals surface area contributed by atoms with Crippen molar-refractivity contribution >= 4 is 0 Å². The van der Waals surface area contributed by atoms with Crippen LogP contribution in [0.1, 0.15) is 51.9 Å². The SMILES string of the molecule is CCCNC1CC2(CCCC2)C1. The van der Waals surface area contributed by atoms with E-state index in [9.17, 15) is 0 Å². The van der Waals surface area contributed by atoms with E-state index in [-0.39, 0.29) is 0 Å². The molecule has 0 aromatic carbocycles. The van der Waals surface area contributed by atoms with Gasteiger partial charge in [-0.15, -0.1) is 0 Å². The van der Waals surface area contributed by atoms with E-state index in [0.717, 1.165) is 11.5 Å². The molecule has 1 spiro atoms. The summed E-state index contributed by atoms with van der Waals surface area (Å²) >= 11 is 0. The van der Waals surface area contributed by atoms with E-state index in [1.54, 1.807) is 0 Å². The summed E-state index contributed by atoms with van der Waals surface area (Å²) < 4.78 is 0. The van der Waals surface area contributed by atoms with Gasteiger partial charge in [-0.05, 0) is 44.1 Å². The van der Waals surface area contributed by atoms with Gasteiger partial charge in [0.05, 0.1) is 0 Å². The Labute approximate surface area is 75.9 Å². The third kappa shape index (κ3) is 1.52. The average molecular weight is 167 g/mol. The molecule has 2 rings (SSSR count). The third-order valence-electron chi connectivity index (χ3n) is 3.71. The molecule has 0 radical (unpaired) electrons. The minimum absolute atomic E-state index is 0.825. The first-order chi connectivity index (χ1) is 5.85. The van der Waals surface area contributed by atoms with Crippen molar-refractivity contribution in [2.75, 3.05) is 6.54 Å². The molecule has 0 heterocycles. The molecular formula is C11H21N. The molecule has 0 aliphatic heterocycles. The van der Waals surface area contributed by atoms with Crippen LogP contribution < -0.4 is 5.32 Å². The normalized spacial score (nSPS) is 27.8. The fourth-order valence-corrected chi connectivity index (χ4v) is 3.01. The number of rotatable bonds is 3. The highest BCUT2D eigenvalue weighted by atomic mass is 14.9. The average Bonchev–Trinajstić information content (AvgIpc) is 2.46. The molecule has 1 N–H and O–H groups in total. The van der Waals surface area contributed by atoms with Crippen molar-refractivity contribution in [3.63, 3.8) is 0 Å². The van der Waals surface area contributed by atoms with Gasteiger partial charge in [-0.2, -0.15) is 0 Å². The summed E-state index contributed by atoms with van der Waals surface area (Å²) in [4.78, 5) is 0. The molecule has 70 valence electrons. The quantitative estimate of drug-likeness (QED) is 0.681. The van der Waals surface area contributed by atoms with Crippen LogP contribution in [0.4, 0.5) is 0 Å². The molecule has 12 heavy (non-hydrogen) atoms. The summed E-state index contributed by atoms with van der Waals surface area (Å²) in [5.74, 6) is 0. The number of hydrogen-bond acceptors (Lipinski definition) is 1. The molecule has 1 nitrogen and oxygen atoms in total. The van der Waals surface area contributed by atoms with Crippen molar-refractivity contribution in [1.29, 1.82) is 0 Å². The lowest BCUT2D eigenvalue weighted by atomic mass is 9.64. The third-order valence-corrected chi connectivity index (χ3v) is 3.71. The molecule has 0 amide bonds. The van der Waals surface area contributed by atoms with E-state index >= 15 is 0 Å². The van der Waals surface area contributed by atoms with Crippen molar-refractivity contribution in [3.8, 4) is 0 Å². The second-order valence-corrected chi connectivity index (χ2v) is 4.77. The van der Waals surface area contributed by atoms with Crippen LogP contribution in [-0.4, -0.2) is 12.6 Å². The van der Waals surface area contributed by atoms with Gasteiger partial charge in [0.15, 0.2) is 0 Å². The lowest BCUT2D eigenvalue weighted by Crippen LogP contribution is -2.47. The minimum Gasteiger partial charge on any atom is -0.314 e. The van der Waals surface area contributed by atoms with Crippen molar-refractivity contribution in [3.05, 3.63) is 0 Å². The van der Waals surface area contributed by atoms with Gasteiger partial charge in [-0.25, -0.2) is 0 Å². The van der Waals surface area contributed by atoms with Gasteiger partial charge < -0.3 is 5.32 Å². The molecule has 2 saturated carbocycles. The fourth-order valence-electron chi connectivity index (χ4n) is 3.01. The molecule has 1 heteroatoms. The maximum absolute atomic E-state index is 3.62. The molecule has 0 atom stereocenters. The summed E-state index contributed by atoms with van der Waals surface area (Å²) in [5.41, 5.74) is 0.825. The van der Waals surface area contributed by atoms with Crippen molar-refractivity contribution in [2.45, 2.75) is 57.9 Å². The second-order valence-electron chi connectivity index (χ2n) is 4.77. The fraction of sp³-hybridized carbons (Fsp3) is 1.00. The molecule has 0 saturated heterocycles. The Kier molecular flexibility index (Phi) is 2.40. The van der Waals surface area contributed by atoms with Gasteiger partial charge in [-0.1, -0.05) is 19.8 Å². The summed E-state index contributed by atoms with van der Waals surface area (Å²) in [6, 6.07) is 0.878. The highest BCUT2D eigenvalue weighted by Gasteiger charge is 2.44. The van der Waals surface area contributed by atoms with Crippen LogP contribution in [0.5, 0.6) is 0 Å². The topological polar surface area (TPSA) is 12.0 Å². The van der Waals surface area contributed by atoms with Crippen LogP contribution in [0.15, 0.2) is 0 Å². The molecule has 0 bridgehead atoms. The van der Waals surface area contributed by atoms with E-state index in [2.05, 4.69) is 12.2 Å². The standard InChI is InChI=1S/C11H21N/c1-2-7-12-10-8-11(9-10)5-3-4-6-11/h10,12H,2-9H2,1H3. The first kappa shape index (κ1) is 8.55. The zero-order chi connectivity index (χ0) is 8.44. The van der Waals surface area contributed by atoms with Crippen LogP contribution >= 0.6 is 0 Å². The van der Waals surface area contributed by atoms with Crippen molar-refractivity contribution in [2.24, 2.45) is 5.41 Å². The monoisotopic (exact) mass is 167 g/mol. The van der Waals surface area contributed by atoms with E-state index in [0.29, 0.717) is 0 Å². The molecule has 2 aliphatic carbocycles. The zero-order valence-electron chi connectivity index (χ0n) is 8.23. The van der Waals surface area contributed by atoms with Crippen LogP contribution in [0.25, 0.3) is 0 Å². The van der Waals surface area contributed by atoms with Crippen molar-refractivity contribution in [1.82, 2.24) is 5.32 Å². The van der Waals surface area contributed by atoms with E-state index in [4.69, 9.17) is 0 Å². The summed E-state index contributed by atoms with van der Waals surface area (Å²) in [7, 11) is 0. The van der Waals surface area contributed by atoms with Crippen LogP contribution in [0.2, 0.25) is 0 Å². The van der Waals surface area contributed by atoms with E-state index < -0.39 is 0 Å². The van der Waals surface area contributed by atoms with Gasteiger partial charge in [-0.3, -0.25) is 0 Å². The molecule has 0 aromatic heterocycles. The Morgan fingerprint density at radius 1 is 1.25 bits per heavy atom. The van der Waals surface area contributed by atoms with Gasteiger partial charge in [0.1, 0.15) is 0 Å². The summed E-state index contributed by atoms with van der Waals surface area (Å²) in [6.07, 6.45) is 10.3. The lowest BCUT2D eigenvalue weighted by molar-refractivity contribution is 0.0903. The maximum Gasteiger partial charge on any atom is 0.00776 e. The largest absolute Gasteiger partial charge is 0.314 e. The Hall–Kier alpha value is -0.0400. The second kappa shape index (κ2) is 3.37. The Morgan fingerprint density at radius 3 is 2.50 bits per heavy atom. The predicted octanol–water partition coefficient (Wildman–Crippen LogP) is 2.71. The molecule has 0 unspecified atom stereocenters. The van der Waals surface area contributed by atoms with Gasteiger partial charge in [0.2, 0.25) is 0 Å².